The normalized spacial score (nSPS) is 14.7. The Balaban J connectivity index is 1.72. The largest absolute Gasteiger partial charge is 0.378 e. The highest BCUT2D eigenvalue weighted by atomic mass is 16.5. The van der Waals surface area contributed by atoms with E-state index < -0.39 is 0 Å². The molecular weight excluding hydrogens is 286 g/mol. The molecule has 2 aromatic rings. The zero-order valence-corrected chi connectivity index (χ0v) is 13.6. The number of rotatable bonds is 5. The van der Waals surface area contributed by atoms with Crippen LogP contribution in [0, 0.1) is 0 Å². The average Bonchev–Trinajstić information content (AvgIpc) is 2.63. The first-order valence-corrected chi connectivity index (χ1v) is 8.34. The Labute approximate surface area is 137 Å². The van der Waals surface area contributed by atoms with Crippen molar-refractivity contribution in [2.45, 2.75) is 19.8 Å². The van der Waals surface area contributed by atoms with Crippen molar-refractivity contribution in [3.63, 3.8) is 0 Å². The molecule has 3 rings (SSSR count). The molecule has 23 heavy (non-hydrogen) atoms. The molecule has 0 aliphatic carbocycles. The Morgan fingerprint density at radius 1 is 0.957 bits per heavy atom. The number of carbonyl (C=O) groups is 1. The molecular formula is C20H23NO2. The molecule has 0 radical (unpaired) electrons. The third-order valence-corrected chi connectivity index (χ3v) is 4.26. The van der Waals surface area contributed by atoms with Crippen LogP contribution in [0.4, 0.5) is 5.69 Å². The Hall–Kier alpha value is -2.13. The number of morpholine rings is 1. The molecule has 2 aromatic carbocycles. The van der Waals surface area contributed by atoms with Gasteiger partial charge in [0.1, 0.15) is 0 Å². The standard InChI is InChI=1S/C20H23NO2/c1-2-3-20(22)18-6-4-16(5-7-18)17-8-10-19(11-9-17)21-12-14-23-15-13-21/h4-11H,2-3,12-15H2,1H3. The van der Waals surface area contributed by atoms with Gasteiger partial charge in [-0.3, -0.25) is 4.79 Å². The summed E-state index contributed by atoms with van der Waals surface area (Å²) >= 11 is 0. The Bertz CT molecular complexity index is 640. The van der Waals surface area contributed by atoms with E-state index >= 15 is 0 Å². The smallest absolute Gasteiger partial charge is 0.162 e. The van der Waals surface area contributed by atoms with E-state index in [9.17, 15) is 4.79 Å². The minimum atomic E-state index is 0.224. The first kappa shape index (κ1) is 15.8. The molecule has 0 atom stereocenters. The number of anilines is 1. The van der Waals surface area contributed by atoms with Gasteiger partial charge < -0.3 is 9.64 Å². The molecule has 0 aromatic heterocycles. The second kappa shape index (κ2) is 7.42. The van der Waals surface area contributed by atoms with E-state index in [-0.39, 0.29) is 5.78 Å². The number of carbonyl (C=O) groups excluding carboxylic acids is 1. The van der Waals surface area contributed by atoms with Gasteiger partial charge >= 0.3 is 0 Å². The summed E-state index contributed by atoms with van der Waals surface area (Å²) in [6, 6.07) is 16.6. The quantitative estimate of drug-likeness (QED) is 0.776. The van der Waals surface area contributed by atoms with E-state index in [0.29, 0.717) is 6.42 Å². The summed E-state index contributed by atoms with van der Waals surface area (Å²) in [5, 5.41) is 0. The van der Waals surface area contributed by atoms with Crippen LogP contribution in [-0.4, -0.2) is 32.1 Å². The number of benzene rings is 2. The van der Waals surface area contributed by atoms with Crippen molar-refractivity contribution in [2.24, 2.45) is 0 Å². The van der Waals surface area contributed by atoms with E-state index in [2.05, 4.69) is 29.2 Å². The molecule has 3 heteroatoms. The Kier molecular flexibility index (Phi) is 5.09. The van der Waals surface area contributed by atoms with Crippen molar-refractivity contribution in [2.75, 3.05) is 31.2 Å². The van der Waals surface area contributed by atoms with Crippen LogP contribution in [0.15, 0.2) is 48.5 Å². The van der Waals surface area contributed by atoms with Crippen molar-refractivity contribution < 1.29 is 9.53 Å². The molecule has 120 valence electrons. The Morgan fingerprint density at radius 3 is 2.09 bits per heavy atom. The van der Waals surface area contributed by atoms with Crippen LogP contribution in [0.25, 0.3) is 11.1 Å². The molecule has 1 aliphatic rings. The number of Topliss-reactive ketones (excluding diaryl/α,β-unsaturated/α-hetero) is 1. The second-order valence-corrected chi connectivity index (χ2v) is 5.90. The summed E-state index contributed by atoms with van der Waals surface area (Å²) in [4.78, 5) is 14.2. The van der Waals surface area contributed by atoms with E-state index in [1.54, 1.807) is 0 Å². The maximum atomic E-state index is 11.9. The molecule has 0 amide bonds. The minimum absolute atomic E-state index is 0.224. The van der Waals surface area contributed by atoms with Crippen LogP contribution in [0.3, 0.4) is 0 Å². The third-order valence-electron chi connectivity index (χ3n) is 4.26. The van der Waals surface area contributed by atoms with Crippen molar-refractivity contribution >= 4 is 11.5 Å². The highest BCUT2D eigenvalue weighted by Crippen LogP contribution is 2.24. The van der Waals surface area contributed by atoms with Gasteiger partial charge in [-0.25, -0.2) is 0 Å². The number of hydrogen-bond donors (Lipinski definition) is 0. The predicted molar refractivity (Wildman–Crippen MR) is 94.1 cm³/mol. The van der Waals surface area contributed by atoms with Gasteiger partial charge in [0.15, 0.2) is 5.78 Å². The summed E-state index contributed by atoms with van der Waals surface area (Å²) in [6.07, 6.45) is 1.51. The van der Waals surface area contributed by atoms with Crippen molar-refractivity contribution in [3.8, 4) is 11.1 Å². The van der Waals surface area contributed by atoms with E-state index in [1.807, 2.05) is 31.2 Å². The number of ether oxygens (including phenoxy) is 1. The average molecular weight is 309 g/mol. The lowest BCUT2D eigenvalue weighted by Gasteiger charge is -2.28. The maximum Gasteiger partial charge on any atom is 0.162 e. The van der Waals surface area contributed by atoms with Crippen LogP contribution < -0.4 is 4.90 Å². The summed E-state index contributed by atoms with van der Waals surface area (Å²) in [5.41, 5.74) is 4.37. The molecule has 0 saturated carbocycles. The van der Waals surface area contributed by atoms with Gasteiger partial charge in [-0.2, -0.15) is 0 Å². The van der Waals surface area contributed by atoms with Gasteiger partial charge in [0, 0.05) is 30.8 Å². The van der Waals surface area contributed by atoms with Gasteiger partial charge in [-0.05, 0) is 29.7 Å². The fraction of sp³-hybridized carbons (Fsp3) is 0.350. The molecule has 3 nitrogen and oxygen atoms in total. The molecule has 0 unspecified atom stereocenters. The summed E-state index contributed by atoms with van der Waals surface area (Å²) in [7, 11) is 0. The molecule has 1 heterocycles. The zero-order chi connectivity index (χ0) is 16.1. The van der Waals surface area contributed by atoms with Crippen LogP contribution in [0.2, 0.25) is 0 Å². The summed E-state index contributed by atoms with van der Waals surface area (Å²) in [6.45, 7) is 5.54. The Morgan fingerprint density at radius 2 is 1.52 bits per heavy atom. The topological polar surface area (TPSA) is 29.5 Å². The van der Waals surface area contributed by atoms with Gasteiger partial charge in [0.25, 0.3) is 0 Å². The van der Waals surface area contributed by atoms with E-state index in [4.69, 9.17) is 4.74 Å². The lowest BCUT2D eigenvalue weighted by molar-refractivity contribution is 0.0981. The second-order valence-electron chi connectivity index (χ2n) is 5.90. The first-order chi connectivity index (χ1) is 11.3. The van der Waals surface area contributed by atoms with Gasteiger partial charge in [-0.15, -0.1) is 0 Å². The van der Waals surface area contributed by atoms with Crippen LogP contribution in [-0.2, 0) is 4.74 Å². The van der Waals surface area contributed by atoms with Crippen LogP contribution in [0.5, 0.6) is 0 Å². The molecule has 0 spiro atoms. The van der Waals surface area contributed by atoms with Crippen LogP contribution >= 0.6 is 0 Å². The fourth-order valence-corrected chi connectivity index (χ4v) is 2.91. The molecule has 0 N–H and O–H groups in total. The summed E-state index contributed by atoms with van der Waals surface area (Å²) in [5.74, 6) is 0.224. The summed E-state index contributed by atoms with van der Waals surface area (Å²) < 4.78 is 5.39. The minimum Gasteiger partial charge on any atom is -0.378 e. The first-order valence-electron chi connectivity index (χ1n) is 8.34. The molecule has 1 saturated heterocycles. The number of nitrogens with zero attached hydrogens (tertiary/aromatic N) is 1. The van der Waals surface area contributed by atoms with Crippen LogP contribution in [0.1, 0.15) is 30.1 Å². The molecule has 1 aliphatic heterocycles. The van der Waals surface area contributed by atoms with Gasteiger partial charge in [0.05, 0.1) is 13.2 Å². The monoisotopic (exact) mass is 309 g/mol. The van der Waals surface area contributed by atoms with E-state index in [0.717, 1.165) is 43.9 Å². The van der Waals surface area contributed by atoms with Crippen molar-refractivity contribution in [1.29, 1.82) is 0 Å². The van der Waals surface area contributed by atoms with Gasteiger partial charge in [0.2, 0.25) is 0 Å². The predicted octanol–water partition coefficient (Wildman–Crippen LogP) is 4.17. The van der Waals surface area contributed by atoms with Crippen molar-refractivity contribution in [3.05, 3.63) is 54.1 Å². The highest BCUT2D eigenvalue weighted by Gasteiger charge is 2.11. The lowest BCUT2D eigenvalue weighted by Crippen LogP contribution is -2.36. The van der Waals surface area contributed by atoms with Gasteiger partial charge in [-0.1, -0.05) is 43.3 Å². The SMILES string of the molecule is CCCC(=O)c1ccc(-c2ccc(N3CCOCC3)cc2)cc1. The van der Waals surface area contributed by atoms with E-state index in [1.165, 1.54) is 11.3 Å². The molecule has 0 bridgehead atoms. The van der Waals surface area contributed by atoms with Crippen molar-refractivity contribution in [1.82, 2.24) is 0 Å². The fourth-order valence-electron chi connectivity index (χ4n) is 2.91. The molecule has 1 fully saturated rings. The highest BCUT2D eigenvalue weighted by molar-refractivity contribution is 5.96. The number of hydrogen-bond acceptors (Lipinski definition) is 3. The number of ketones is 1. The third kappa shape index (κ3) is 3.80. The zero-order valence-electron chi connectivity index (χ0n) is 13.6. The maximum absolute atomic E-state index is 11.9. The lowest BCUT2D eigenvalue weighted by atomic mass is 10.0.